The molecule has 0 N–H and O–H groups in total. The van der Waals surface area contributed by atoms with Crippen LogP contribution in [-0.4, -0.2) is 52.9 Å². The van der Waals surface area contributed by atoms with Gasteiger partial charge in [-0.2, -0.15) is 0 Å². The highest BCUT2D eigenvalue weighted by Gasteiger charge is 2.31. The Kier molecular flexibility index (Phi) is 4.14. The number of hydrogen-bond donors (Lipinski definition) is 0. The van der Waals surface area contributed by atoms with Crippen LogP contribution in [0, 0.1) is 0 Å². The topological polar surface area (TPSA) is 36.4 Å². The molecule has 2 aliphatic heterocycles. The van der Waals surface area contributed by atoms with Gasteiger partial charge in [0.05, 0.1) is 6.20 Å². The molecular weight excluding hydrogens is 306 g/mol. The number of carbonyl (C=O) groups is 1. The van der Waals surface area contributed by atoms with Gasteiger partial charge in [0.25, 0.3) is 5.91 Å². The quantitative estimate of drug-likeness (QED) is 0.850. The van der Waals surface area contributed by atoms with E-state index in [-0.39, 0.29) is 5.91 Å². The number of thiazole rings is 1. The summed E-state index contributed by atoms with van der Waals surface area (Å²) in [6.07, 6.45) is 5.56. The first kappa shape index (κ1) is 14.8. The van der Waals surface area contributed by atoms with Crippen LogP contribution in [0.5, 0.6) is 0 Å². The molecule has 0 unspecified atom stereocenters. The van der Waals surface area contributed by atoms with E-state index in [1.807, 2.05) is 35.2 Å². The summed E-state index contributed by atoms with van der Waals surface area (Å²) in [5.41, 5.74) is 1.08. The molecule has 0 radical (unpaired) electrons. The molecule has 2 fully saturated rings. The van der Waals surface area contributed by atoms with Gasteiger partial charge in [-0.1, -0.05) is 36.8 Å². The van der Waals surface area contributed by atoms with Gasteiger partial charge >= 0.3 is 0 Å². The SMILES string of the molecule is O=C(c1cnc(-c2ccccc2)s1)N1CCN2CCCC[C@H]2C1. The zero-order chi connectivity index (χ0) is 15.6. The zero-order valence-electron chi connectivity index (χ0n) is 13.1. The highest BCUT2D eigenvalue weighted by molar-refractivity contribution is 7.16. The molecule has 0 bridgehead atoms. The zero-order valence-corrected chi connectivity index (χ0v) is 14.0. The number of fused-ring (bicyclic) bond motifs is 1. The summed E-state index contributed by atoms with van der Waals surface area (Å²) < 4.78 is 0. The van der Waals surface area contributed by atoms with Crippen molar-refractivity contribution in [3.8, 4) is 10.6 Å². The van der Waals surface area contributed by atoms with E-state index in [0.29, 0.717) is 6.04 Å². The summed E-state index contributed by atoms with van der Waals surface area (Å²) in [5.74, 6) is 0.148. The Bertz CT molecular complexity index is 685. The van der Waals surface area contributed by atoms with Crippen molar-refractivity contribution in [1.29, 1.82) is 0 Å². The van der Waals surface area contributed by atoms with Crippen molar-refractivity contribution in [3.63, 3.8) is 0 Å². The maximum Gasteiger partial charge on any atom is 0.265 e. The Labute approximate surface area is 140 Å². The summed E-state index contributed by atoms with van der Waals surface area (Å²) in [6, 6.07) is 10.6. The Hall–Kier alpha value is -1.72. The molecule has 0 aliphatic carbocycles. The van der Waals surface area contributed by atoms with Crippen LogP contribution in [0.1, 0.15) is 28.9 Å². The van der Waals surface area contributed by atoms with Gasteiger partial charge in [0, 0.05) is 31.2 Å². The van der Waals surface area contributed by atoms with E-state index in [0.717, 1.165) is 35.1 Å². The molecule has 4 rings (SSSR count). The van der Waals surface area contributed by atoms with Crippen molar-refractivity contribution in [2.24, 2.45) is 0 Å². The monoisotopic (exact) mass is 327 g/mol. The fourth-order valence-electron chi connectivity index (χ4n) is 3.58. The van der Waals surface area contributed by atoms with Gasteiger partial charge in [0.1, 0.15) is 9.88 Å². The molecule has 0 saturated carbocycles. The number of amides is 1. The van der Waals surface area contributed by atoms with E-state index in [1.165, 1.54) is 37.1 Å². The van der Waals surface area contributed by atoms with Gasteiger partial charge in [0.15, 0.2) is 0 Å². The third-order valence-corrected chi connectivity index (χ3v) is 5.90. The molecular formula is C18H21N3OS. The minimum atomic E-state index is 0.148. The van der Waals surface area contributed by atoms with Crippen LogP contribution >= 0.6 is 11.3 Å². The summed E-state index contributed by atoms with van der Waals surface area (Å²) in [5, 5.41) is 0.922. The minimum absolute atomic E-state index is 0.148. The number of aromatic nitrogens is 1. The maximum atomic E-state index is 12.8. The molecule has 3 heterocycles. The van der Waals surface area contributed by atoms with Gasteiger partial charge in [0.2, 0.25) is 0 Å². The van der Waals surface area contributed by atoms with Crippen LogP contribution in [0.4, 0.5) is 0 Å². The summed E-state index contributed by atoms with van der Waals surface area (Å²) in [7, 11) is 0. The molecule has 4 nitrogen and oxygen atoms in total. The van der Waals surface area contributed by atoms with Crippen molar-refractivity contribution < 1.29 is 4.79 Å². The molecule has 2 aliphatic rings. The van der Waals surface area contributed by atoms with E-state index in [1.54, 1.807) is 6.20 Å². The smallest absolute Gasteiger partial charge is 0.265 e. The van der Waals surface area contributed by atoms with Crippen LogP contribution in [0.3, 0.4) is 0 Å². The number of carbonyl (C=O) groups excluding carboxylic acids is 1. The summed E-state index contributed by atoms with van der Waals surface area (Å²) >= 11 is 1.50. The number of piperidine rings is 1. The average Bonchev–Trinajstić information content (AvgIpc) is 3.11. The Morgan fingerprint density at radius 3 is 2.87 bits per heavy atom. The largest absolute Gasteiger partial charge is 0.335 e. The normalized spacial score (nSPS) is 21.9. The molecule has 1 amide bonds. The van der Waals surface area contributed by atoms with E-state index in [2.05, 4.69) is 9.88 Å². The highest BCUT2D eigenvalue weighted by Crippen LogP contribution is 2.27. The molecule has 1 aromatic carbocycles. The van der Waals surface area contributed by atoms with Crippen LogP contribution in [0.25, 0.3) is 10.6 Å². The first-order valence-corrected chi connectivity index (χ1v) is 9.17. The van der Waals surface area contributed by atoms with Crippen LogP contribution in [0.2, 0.25) is 0 Å². The fourth-order valence-corrected chi connectivity index (χ4v) is 4.47. The van der Waals surface area contributed by atoms with Crippen molar-refractivity contribution in [3.05, 3.63) is 41.4 Å². The Morgan fingerprint density at radius 2 is 2.00 bits per heavy atom. The average molecular weight is 327 g/mol. The molecule has 2 aromatic rings. The van der Waals surface area contributed by atoms with E-state index in [4.69, 9.17) is 0 Å². The lowest BCUT2D eigenvalue weighted by Gasteiger charge is -2.43. The predicted molar refractivity (Wildman–Crippen MR) is 92.7 cm³/mol. The van der Waals surface area contributed by atoms with Crippen molar-refractivity contribution in [2.45, 2.75) is 25.3 Å². The van der Waals surface area contributed by atoms with Crippen molar-refractivity contribution in [2.75, 3.05) is 26.2 Å². The van der Waals surface area contributed by atoms with Crippen molar-refractivity contribution >= 4 is 17.2 Å². The second-order valence-corrected chi connectivity index (χ2v) is 7.36. The number of rotatable bonds is 2. The van der Waals surface area contributed by atoms with Gasteiger partial charge in [-0.3, -0.25) is 9.69 Å². The molecule has 0 spiro atoms. The molecule has 1 atom stereocenters. The van der Waals surface area contributed by atoms with E-state index in [9.17, 15) is 4.79 Å². The first-order chi connectivity index (χ1) is 11.3. The summed E-state index contributed by atoms with van der Waals surface area (Å²) in [4.78, 5) is 22.6. The lowest BCUT2D eigenvalue weighted by atomic mass is 9.99. The second-order valence-electron chi connectivity index (χ2n) is 6.33. The van der Waals surface area contributed by atoms with Crippen LogP contribution in [-0.2, 0) is 0 Å². The highest BCUT2D eigenvalue weighted by atomic mass is 32.1. The standard InChI is InChI=1S/C18H21N3OS/c22-18(21-11-10-20-9-5-4-8-15(20)13-21)16-12-19-17(23-16)14-6-2-1-3-7-14/h1-3,6-7,12,15H,4-5,8-11,13H2/t15-/m0/s1. The lowest BCUT2D eigenvalue weighted by Crippen LogP contribution is -2.56. The van der Waals surface area contributed by atoms with Gasteiger partial charge in [-0.25, -0.2) is 4.98 Å². The second kappa shape index (κ2) is 6.42. The summed E-state index contributed by atoms with van der Waals surface area (Å²) in [6.45, 7) is 3.93. The number of piperazine rings is 1. The van der Waals surface area contributed by atoms with Gasteiger partial charge in [-0.05, 0) is 19.4 Å². The Balaban J connectivity index is 1.48. The van der Waals surface area contributed by atoms with Crippen molar-refractivity contribution in [1.82, 2.24) is 14.8 Å². The van der Waals surface area contributed by atoms with E-state index >= 15 is 0 Å². The molecule has 2 saturated heterocycles. The van der Waals surface area contributed by atoms with Crippen LogP contribution in [0.15, 0.2) is 36.5 Å². The van der Waals surface area contributed by atoms with Crippen LogP contribution < -0.4 is 0 Å². The van der Waals surface area contributed by atoms with E-state index < -0.39 is 0 Å². The Morgan fingerprint density at radius 1 is 1.13 bits per heavy atom. The third kappa shape index (κ3) is 3.03. The lowest BCUT2D eigenvalue weighted by molar-refractivity contribution is 0.0376. The first-order valence-electron chi connectivity index (χ1n) is 8.36. The number of hydrogen-bond acceptors (Lipinski definition) is 4. The molecule has 5 heteroatoms. The predicted octanol–water partition coefficient (Wildman–Crippen LogP) is 3.12. The maximum absolute atomic E-state index is 12.8. The molecule has 23 heavy (non-hydrogen) atoms. The third-order valence-electron chi connectivity index (χ3n) is 4.86. The minimum Gasteiger partial charge on any atom is -0.335 e. The number of nitrogens with zero attached hydrogens (tertiary/aromatic N) is 3. The molecule has 1 aromatic heterocycles. The van der Waals surface area contributed by atoms with Gasteiger partial charge < -0.3 is 4.90 Å². The molecule has 120 valence electrons. The van der Waals surface area contributed by atoms with Gasteiger partial charge in [-0.15, -0.1) is 11.3 Å². The number of benzene rings is 1. The fraction of sp³-hybridized carbons (Fsp3) is 0.444.